The molecule has 0 aliphatic carbocycles. The Hall–Kier alpha value is 0.710. The molecule has 0 N–H and O–H groups in total. The van der Waals surface area contributed by atoms with Gasteiger partial charge in [0.05, 0.1) is 8.64 Å². The summed E-state index contributed by atoms with van der Waals surface area (Å²) >= 11 is 2.40. The number of hydrogen-bond acceptors (Lipinski definition) is 1. The minimum absolute atomic E-state index is 0.373. The quantitative estimate of drug-likeness (QED) is 0.0505. The molecular weight excluding hydrogens is 629 g/mol. The van der Waals surface area contributed by atoms with Crippen LogP contribution in [-0.2, 0) is 0 Å². The van der Waals surface area contributed by atoms with E-state index >= 15 is 0 Å². The van der Waals surface area contributed by atoms with E-state index in [0.717, 1.165) is 0 Å². The van der Waals surface area contributed by atoms with Gasteiger partial charge in [-0.15, -0.1) is 0 Å². The van der Waals surface area contributed by atoms with Crippen molar-refractivity contribution in [2.24, 2.45) is 0 Å². The highest BCUT2D eigenvalue weighted by atomic mass is 32.2. The Morgan fingerprint density at radius 2 is 0.532 bits per heavy atom. The fraction of sp³-hybridized carbons (Fsp3) is 0.952. The van der Waals surface area contributed by atoms with Crippen molar-refractivity contribution >= 4 is 41.4 Å². The van der Waals surface area contributed by atoms with Crippen LogP contribution in [0.5, 0.6) is 0 Å². The third-order valence-electron chi connectivity index (χ3n) is 9.29. The van der Waals surface area contributed by atoms with Gasteiger partial charge in [-0.1, -0.05) is 170 Å². The number of hydrogen-bond donors (Lipinski definition) is 0. The molecule has 0 spiro atoms. The fourth-order valence-corrected chi connectivity index (χ4v) is 13.9. The topological polar surface area (TPSA) is 6.48 Å². The van der Waals surface area contributed by atoms with Crippen molar-refractivity contribution in [2.45, 2.75) is 209 Å². The lowest BCUT2D eigenvalue weighted by atomic mass is 10.2. The second kappa shape index (κ2) is 36.5. The van der Waals surface area contributed by atoms with E-state index in [9.17, 15) is 0 Å². The molecule has 5 heteroatoms. The SMILES string of the molecule is CCCCCN(CCCCC)C(SC(N(CCCCC)CCCCC)=S(CCCCC)CCCCC)=S(CCCCC)CCCCC. The highest BCUT2D eigenvalue weighted by Gasteiger charge is 2.24. The van der Waals surface area contributed by atoms with Gasteiger partial charge in [0.25, 0.3) is 0 Å². The fourth-order valence-electron chi connectivity index (χ4n) is 6.14. The van der Waals surface area contributed by atoms with E-state index in [1.165, 1.54) is 203 Å². The lowest BCUT2D eigenvalue weighted by Gasteiger charge is -2.34. The molecule has 0 fully saturated rings. The summed E-state index contributed by atoms with van der Waals surface area (Å²) in [6, 6.07) is 0. The summed E-state index contributed by atoms with van der Waals surface area (Å²) in [7, 11) is 0.747. The third kappa shape index (κ3) is 25.3. The number of thioether (sulfide) groups is 1. The molecule has 0 aliphatic rings. The van der Waals surface area contributed by atoms with Crippen molar-refractivity contribution in [3.8, 4) is 0 Å². The minimum Gasteiger partial charge on any atom is -0.264 e. The van der Waals surface area contributed by atoms with E-state index in [1.54, 1.807) is 0 Å². The summed E-state index contributed by atoms with van der Waals surface area (Å²) in [5, 5.41) is 0. The van der Waals surface area contributed by atoms with Crippen LogP contribution in [0.3, 0.4) is 0 Å². The Morgan fingerprint density at radius 3 is 0.745 bits per heavy atom. The predicted octanol–water partition coefficient (Wildman–Crippen LogP) is 14.6. The van der Waals surface area contributed by atoms with E-state index in [4.69, 9.17) is 0 Å². The first-order chi connectivity index (χ1) is 23.1. The van der Waals surface area contributed by atoms with E-state index in [1.807, 2.05) is 8.64 Å². The van der Waals surface area contributed by atoms with Crippen LogP contribution < -0.4 is 0 Å². The summed E-state index contributed by atoms with van der Waals surface area (Å²) in [4.78, 5) is 6.01. The molecule has 0 heterocycles. The van der Waals surface area contributed by atoms with E-state index in [0.29, 0.717) is 21.0 Å². The second-order valence-corrected chi connectivity index (χ2v) is 19.9. The Kier molecular flexibility index (Phi) is 37.1. The van der Waals surface area contributed by atoms with Gasteiger partial charge >= 0.3 is 0 Å². The lowest BCUT2D eigenvalue weighted by molar-refractivity contribution is 0.399. The first kappa shape index (κ1) is 47.7. The average molecular weight is 717 g/mol. The van der Waals surface area contributed by atoms with Gasteiger partial charge in [-0.3, -0.25) is 9.80 Å². The highest BCUT2D eigenvalue weighted by Crippen LogP contribution is 2.35. The molecule has 284 valence electrons. The van der Waals surface area contributed by atoms with Gasteiger partial charge in [0.15, 0.2) is 0 Å². The number of rotatable bonds is 32. The van der Waals surface area contributed by atoms with E-state index in [2.05, 4.69) is 77.0 Å². The predicted molar refractivity (Wildman–Crippen MR) is 232 cm³/mol. The van der Waals surface area contributed by atoms with Gasteiger partial charge in [0.1, 0.15) is 0 Å². The summed E-state index contributed by atoms with van der Waals surface area (Å²) in [6.45, 7) is 24.2. The van der Waals surface area contributed by atoms with Crippen LogP contribution in [0.25, 0.3) is 0 Å². The monoisotopic (exact) mass is 717 g/mol. The van der Waals surface area contributed by atoms with Crippen LogP contribution >= 0.6 is 32.7 Å². The van der Waals surface area contributed by atoms with Crippen LogP contribution in [0.4, 0.5) is 0 Å². The molecule has 0 saturated carbocycles. The van der Waals surface area contributed by atoms with Crippen molar-refractivity contribution in [3.05, 3.63) is 0 Å². The van der Waals surface area contributed by atoms with Crippen LogP contribution in [0.1, 0.15) is 209 Å². The highest BCUT2D eigenvalue weighted by molar-refractivity contribution is 8.46. The van der Waals surface area contributed by atoms with E-state index in [-0.39, 0.29) is 0 Å². The van der Waals surface area contributed by atoms with Gasteiger partial charge in [0.2, 0.25) is 0 Å². The molecular formula is C42H88N2S3. The van der Waals surface area contributed by atoms with Crippen LogP contribution in [0, 0.1) is 0 Å². The van der Waals surface area contributed by atoms with Crippen molar-refractivity contribution in [2.75, 3.05) is 49.2 Å². The number of unbranched alkanes of at least 4 members (excludes halogenated alkanes) is 16. The van der Waals surface area contributed by atoms with Crippen molar-refractivity contribution in [1.29, 1.82) is 0 Å². The molecule has 0 aromatic carbocycles. The zero-order chi connectivity index (χ0) is 34.8. The Balaban J connectivity index is 7.36. The zero-order valence-corrected chi connectivity index (χ0v) is 36.2. The molecule has 47 heavy (non-hydrogen) atoms. The molecule has 0 rings (SSSR count). The van der Waals surface area contributed by atoms with Crippen LogP contribution in [0.15, 0.2) is 0 Å². The smallest absolute Gasteiger partial charge is 0.0821 e. The molecule has 0 atom stereocenters. The first-order valence-corrected chi connectivity index (χ1v) is 25.3. The summed E-state index contributed by atoms with van der Waals surface area (Å²) in [5.41, 5.74) is 0. The normalized spacial score (nSPS) is 12.0. The van der Waals surface area contributed by atoms with E-state index < -0.39 is 0 Å². The van der Waals surface area contributed by atoms with Gasteiger partial charge in [0, 0.05) is 26.2 Å². The number of nitrogens with zero attached hydrogens (tertiary/aromatic N) is 2. The summed E-state index contributed by atoms with van der Waals surface area (Å²) in [5.74, 6) is 5.71. The molecule has 0 radical (unpaired) electrons. The molecule has 0 bridgehead atoms. The van der Waals surface area contributed by atoms with Crippen LogP contribution in [-0.4, -0.2) is 67.6 Å². The maximum atomic E-state index is 3.01. The Morgan fingerprint density at radius 1 is 0.319 bits per heavy atom. The molecule has 0 unspecified atom stereocenters. The largest absolute Gasteiger partial charge is 0.264 e. The molecule has 0 aromatic heterocycles. The van der Waals surface area contributed by atoms with Crippen LogP contribution in [0.2, 0.25) is 0 Å². The standard InChI is InChI=1S/C42H88N2S3/c1-9-17-25-33-43(34-26-18-10-2)41(46(37-29-21-13-5)38-30-22-14-6)45-42(44(35-27-19-11-3)36-28-20-12-4)47(39-31-23-15-7)40-32-24-16-8/h9-40H2,1-8H3. The van der Waals surface area contributed by atoms with Gasteiger partial charge in [-0.2, -0.15) is 21.0 Å². The van der Waals surface area contributed by atoms with Gasteiger partial charge < -0.3 is 0 Å². The Bertz CT molecular complexity index is 631. The maximum Gasteiger partial charge on any atom is 0.0821 e. The molecule has 2 nitrogen and oxygen atoms in total. The summed E-state index contributed by atoms with van der Waals surface area (Å²) < 4.78 is 3.69. The molecule has 0 aromatic rings. The maximum absolute atomic E-state index is 3.01. The summed E-state index contributed by atoms with van der Waals surface area (Å²) in [6.07, 6.45) is 32.8. The molecule has 0 amide bonds. The van der Waals surface area contributed by atoms with Crippen molar-refractivity contribution in [1.82, 2.24) is 9.80 Å². The van der Waals surface area contributed by atoms with Crippen molar-refractivity contribution < 1.29 is 0 Å². The molecule has 0 saturated heterocycles. The Labute approximate surface area is 308 Å². The average Bonchev–Trinajstić information content (AvgIpc) is 3.07. The zero-order valence-electron chi connectivity index (χ0n) is 33.7. The van der Waals surface area contributed by atoms with Gasteiger partial charge in [-0.25, -0.2) is 0 Å². The second-order valence-electron chi connectivity index (χ2n) is 14.1. The van der Waals surface area contributed by atoms with Crippen molar-refractivity contribution in [3.63, 3.8) is 0 Å². The molecule has 0 aliphatic heterocycles. The lowest BCUT2D eigenvalue weighted by Crippen LogP contribution is -2.37. The first-order valence-electron chi connectivity index (χ1n) is 21.3. The third-order valence-corrected chi connectivity index (χ3v) is 16.7. The van der Waals surface area contributed by atoms with Gasteiger partial charge in [-0.05, 0) is 74.4 Å². The minimum atomic E-state index is 0.373.